The van der Waals surface area contributed by atoms with Gasteiger partial charge >= 0.3 is 0 Å². The fourth-order valence-corrected chi connectivity index (χ4v) is 3.15. The minimum Gasteiger partial charge on any atom is -0.380 e. The molecule has 5 aromatic rings. The zero-order chi connectivity index (χ0) is 18.2. The van der Waals surface area contributed by atoms with Crippen LogP contribution >= 0.6 is 0 Å². The standard InChI is InChI=1S/C21H15N5O/c27-20(16-8-9-17-15(13-16)7-4-12-22-17)21-24-23-19-11-10-18(25-26(19)21)14-5-2-1-3-6-14/h1-13,20,27H/t20-/m0/s1. The molecule has 0 bridgehead atoms. The van der Waals surface area contributed by atoms with Gasteiger partial charge in [0.15, 0.2) is 11.5 Å². The lowest BCUT2D eigenvalue weighted by Gasteiger charge is -2.10. The number of aliphatic hydroxyl groups excluding tert-OH is 1. The van der Waals surface area contributed by atoms with Gasteiger partial charge in [0, 0.05) is 17.1 Å². The van der Waals surface area contributed by atoms with Crippen molar-refractivity contribution < 1.29 is 5.11 Å². The van der Waals surface area contributed by atoms with Crippen LogP contribution in [0.4, 0.5) is 0 Å². The molecule has 1 N–H and O–H groups in total. The number of nitrogens with zero attached hydrogens (tertiary/aromatic N) is 5. The average Bonchev–Trinajstić information content (AvgIpc) is 3.16. The topological polar surface area (TPSA) is 76.2 Å². The largest absolute Gasteiger partial charge is 0.380 e. The van der Waals surface area contributed by atoms with Crippen LogP contribution in [0.2, 0.25) is 0 Å². The first kappa shape index (κ1) is 15.6. The number of hydrogen-bond acceptors (Lipinski definition) is 5. The van der Waals surface area contributed by atoms with Gasteiger partial charge in [-0.3, -0.25) is 4.98 Å². The Labute approximate surface area is 154 Å². The van der Waals surface area contributed by atoms with Gasteiger partial charge in [-0.05, 0) is 35.9 Å². The molecule has 0 radical (unpaired) electrons. The Morgan fingerprint density at radius 2 is 1.74 bits per heavy atom. The summed E-state index contributed by atoms with van der Waals surface area (Å²) < 4.78 is 1.60. The quantitative estimate of drug-likeness (QED) is 0.538. The molecule has 0 aliphatic rings. The summed E-state index contributed by atoms with van der Waals surface area (Å²) in [6.45, 7) is 0. The summed E-state index contributed by atoms with van der Waals surface area (Å²) in [4.78, 5) is 4.31. The van der Waals surface area contributed by atoms with Gasteiger partial charge in [-0.25, -0.2) is 0 Å². The summed E-state index contributed by atoms with van der Waals surface area (Å²) in [6.07, 6.45) is 0.808. The monoisotopic (exact) mass is 353 g/mol. The Morgan fingerprint density at radius 3 is 2.63 bits per heavy atom. The van der Waals surface area contributed by atoms with Gasteiger partial charge in [0.25, 0.3) is 0 Å². The van der Waals surface area contributed by atoms with Crippen LogP contribution in [0, 0.1) is 0 Å². The second-order valence-corrected chi connectivity index (χ2v) is 6.27. The number of benzene rings is 2. The van der Waals surface area contributed by atoms with Gasteiger partial charge in [-0.2, -0.15) is 9.61 Å². The summed E-state index contributed by atoms with van der Waals surface area (Å²) in [5.41, 5.74) is 3.97. The van der Waals surface area contributed by atoms with Gasteiger partial charge in [-0.15, -0.1) is 10.2 Å². The molecule has 0 saturated heterocycles. The zero-order valence-corrected chi connectivity index (χ0v) is 14.3. The van der Waals surface area contributed by atoms with Crippen LogP contribution in [0.15, 0.2) is 79.0 Å². The number of aromatic nitrogens is 5. The average molecular weight is 353 g/mol. The molecule has 130 valence electrons. The van der Waals surface area contributed by atoms with Crippen molar-refractivity contribution in [3.8, 4) is 11.3 Å². The van der Waals surface area contributed by atoms with E-state index in [1.54, 1.807) is 10.7 Å². The maximum absolute atomic E-state index is 10.9. The van der Waals surface area contributed by atoms with E-state index in [4.69, 9.17) is 0 Å². The number of pyridine rings is 1. The number of rotatable bonds is 3. The first-order valence-electron chi connectivity index (χ1n) is 8.60. The highest BCUT2D eigenvalue weighted by molar-refractivity contribution is 5.79. The molecule has 27 heavy (non-hydrogen) atoms. The molecule has 0 fully saturated rings. The molecule has 2 aromatic carbocycles. The highest BCUT2D eigenvalue weighted by Crippen LogP contribution is 2.25. The van der Waals surface area contributed by atoms with Gasteiger partial charge in [0.2, 0.25) is 0 Å². The molecule has 3 aromatic heterocycles. The molecule has 6 nitrogen and oxygen atoms in total. The zero-order valence-electron chi connectivity index (χ0n) is 14.3. The highest BCUT2D eigenvalue weighted by atomic mass is 16.3. The van der Waals surface area contributed by atoms with Crippen LogP contribution < -0.4 is 0 Å². The molecule has 0 saturated carbocycles. The first-order valence-corrected chi connectivity index (χ1v) is 8.60. The molecule has 0 amide bonds. The lowest BCUT2D eigenvalue weighted by Crippen LogP contribution is -2.08. The SMILES string of the molecule is O[C@@H](c1ccc2ncccc2c1)c1nnc2ccc(-c3ccccc3)nn12. The van der Waals surface area contributed by atoms with E-state index in [0.717, 1.165) is 27.7 Å². The molecular formula is C21H15N5O. The smallest absolute Gasteiger partial charge is 0.187 e. The van der Waals surface area contributed by atoms with Crippen molar-refractivity contribution in [3.63, 3.8) is 0 Å². The van der Waals surface area contributed by atoms with Crippen molar-refractivity contribution in [1.82, 2.24) is 24.8 Å². The van der Waals surface area contributed by atoms with Crippen molar-refractivity contribution in [2.75, 3.05) is 0 Å². The Morgan fingerprint density at radius 1 is 0.852 bits per heavy atom. The molecule has 0 aliphatic carbocycles. The Bertz CT molecular complexity index is 1250. The lowest BCUT2D eigenvalue weighted by molar-refractivity contribution is 0.207. The molecule has 6 heteroatoms. The van der Waals surface area contributed by atoms with E-state index >= 15 is 0 Å². The maximum atomic E-state index is 10.9. The fourth-order valence-electron chi connectivity index (χ4n) is 3.15. The van der Waals surface area contributed by atoms with Crippen LogP contribution in [-0.2, 0) is 0 Å². The molecular weight excluding hydrogens is 338 g/mol. The maximum Gasteiger partial charge on any atom is 0.187 e. The second-order valence-electron chi connectivity index (χ2n) is 6.27. The van der Waals surface area contributed by atoms with Crippen LogP contribution in [-0.4, -0.2) is 29.9 Å². The van der Waals surface area contributed by atoms with Gasteiger partial charge < -0.3 is 5.11 Å². The third-order valence-corrected chi connectivity index (χ3v) is 4.54. The van der Waals surface area contributed by atoms with Crippen molar-refractivity contribution in [2.45, 2.75) is 6.10 Å². The molecule has 1 atom stereocenters. The molecule has 0 aliphatic heterocycles. The summed E-state index contributed by atoms with van der Waals surface area (Å²) in [6, 6.07) is 23.1. The highest BCUT2D eigenvalue weighted by Gasteiger charge is 2.19. The number of hydrogen-bond donors (Lipinski definition) is 1. The third kappa shape index (κ3) is 2.72. The normalized spacial score (nSPS) is 12.5. The van der Waals surface area contributed by atoms with Gasteiger partial charge in [0.1, 0.15) is 6.10 Å². The first-order chi connectivity index (χ1) is 13.3. The molecule has 0 spiro atoms. The van der Waals surface area contributed by atoms with Crippen LogP contribution in [0.3, 0.4) is 0 Å². The summed E-state index contributed by atoms with van der Waals surface area (Å²) in [5.74, 6) is 0.381. The van der Waals surface area contributed by atoms with Gasteiger partial charge in [-0.1, -0.05) is 42.5 Å². The molecule has 3 heterocycles. The summed E-state index contributed by atoms with van der Waals surface area (Å²) >= 11 is 0. The van der Waals surface area contributed by atoms with Crippen LogP contribution in [0.25, 0.3) is 27.8 Å². The van der Waals surface area contributed by atoms with Crippen LogP contribution in [0.1, 0.15) is 17.5 Å². The van der Waals surface area contributed by atoms with Gasteiger partial charge in [0.05, 0.1) is 11.2 Å². The predicted molar refractivity (Wildman–Crippen MR) is 102 cm³/mol. The van der Waals surface area contributed by atoms with Crippen molar-refractivity contribution in [2.24, 2.45) is 0 Å². The Kier molecular flexibility index (Phi) is 3.62. The lowest BCUT2D eigenvalue weighted by atomic mass is 10.1. The minimum absolute atomic E-state index is 0.381. The third-order valence-electron chi connectivity index (χ3n) is 4.54. The van der Waals surface area contributed by atoms with E-state index in [1.165, 1.54) is 0 Å². The summed E-state index contributed by atoms with van der Waals surface area (Å²) in [5, 5.41) is 24.8. The number of aliphatic hydroxyl groups is 1. The van der Waals surface area contributed by atoms with E-state index in [0.29, 0.717) is 11.5 Å². The van der Waals surface area contributed by atoms with E-state index in [1.807, 2.05) is 72.8 Å². The number of fused-ring (bicyclic) bond motifs is 2. The van der Waals surface area contributed by atoms with E-state index < -0.39 is 6.10 Å². The van der Waals surface area contributed by atoms with Crippen molar-refractivity contribution in [1.29, 1.82) is 0 Å². The van der Waals surface area contributed by atoms with E-state index in [-0.39, 0.29) is 0 Å². The van der Waals surface area contributed by atoms with Crippen LogP contribution in [0.5, 0.6) is 0 Å². The predicted octanol–water partition coefficient (Wildman–Crippen LogP) is 3.42. The minimum atomic E-state index is -0.942. The Balaban J connectivity index is 1.60. The van der Waals surface area contributed by atoms with Crippen molar-refractivity contribution in [3.05, 3.63) is 90.4 Å². The summed E-state index contributed by atoms with van der Waals surface area (Å²) in [7, 11) is 0. The Hall–Kier alpha value is -3.64. The van der Waals surface area contributed by atoms with E-state index in [2.05, 4.69) is 20.3 Å². The van der Waals surface area contributed by atoms with Crippen molar-refractivity contribution >= 4 is 16.6 Å². The second kappa shape index (κ2) is 6.26. The fraction of sp³-hybridized carbons (Fsp3) is 0.0476. The molecule has 0 unspecified atom stereocenters. The van der Waals surface area contributed by atoms with E-state index in [9.17, 15) is 5.11 Å². The molecule has 5 rings (SSSR count).